The summed E-state index contributed by atoms with van der Waals surface area (Å²) in [7, 11) is 0. The summed E-state index contributed by atoms with van der Waals surface area (Å²) in [6, 6.07) is 23.0. The number of nitriles is 1. The van der Waals surface area contributed by atoms with Crippen LogP contribution in [-0.2, 0) is 0 Å². The Morgan fingerprint density at radius 1 is 1.07 bits per heavy atom. The summed E-state index contributed by atoms with van der Waals surface area (Å²) in [5.41, 5.74) is 3.38. The van der Waals surface area contributed by atoms with Crippen molar-refractivity contribution in [3.05, 3.63) is 83.7 Å². The van der Waals surface area contributed by atoms with E-state index in [-0.39, 0.29) is 11.6 Å². The third kappa shape index (κ3) is 4.50. The van der Waals surface area contributed by atoms with Crippen molar-refractivity contribution >= 4 is 5.91 Å². The molecule has 0 radical (unpaired) electrons. The number of aryl methyl sites for hydroxylation is 1. The second-order valence-electron chi connectivity index (χ2n) is 5.91. The zero-order valence-corrected chi connectivity index (χ0v) is 15.0. The van der Waals surface area contributed by atoms with Gasteiger partial charge in [-0.3, -0.25) is 4.79 Å². The number of pyridine rings is 1. The van der Waals surface area contributed by atoms with Crippen molar-refractivity contribution in [3.63, 3.8) is 0 Å². The average molecular weight is 357 g/mol. The van der Waals surface area contributed by atoms with Crippen molar-refractivity contribution in [2.24, 2.45) is 0 Å². The maximum Gasteiger partial charge on any atom is 0.270 e. The van der Waals surface area contributed by atoms with Gasteiger partial charge < -0.3 is 10.1 Å². The first-order valence-electron chi connectivity index (χ1n) is 8.62. The Balaban J connectivity index is 1.58. The number of rotatable bonds is 6. The Morgan fingerprint density at radius 3 is 2.56 bits per heavy atom. The topological polar surface area (TPSA) is 75.0 Å². The van der Waals surface area contributed by atoms with Crippen LogP contribution in [0.1, 0.15) is 21.7 Å². The van der Waals surface area contributed by atoms with E-state index < -0.39 is 0 Å². The molecule has 1 heterocycles. The van der Waals surface area contributed by atoms with Crippen molar-refractivity contribution in [3.8, 4) is 22.9 Å². The second kappa shape index (κ2) is 8.63. The van der Waals surface area contributed by atoms with Crippen LogP contribution in [0.2, 0.25) is 0 Å². The Morgan fingerprint density at radius 2 is 1.81 bits per heavy atom. The molecule has 1 amide bonds. The third-order valence-corrected chi connectivity index (χ3v) is 4.06. The average Bonchev–Trinajstić information content (AvgIpc) is 2.72. The molecule has 0 fully saturated rings. The molecule has 0 bridgehead atoms. The molecule has 3 rings (SSSR count). The zero-order valence-electron chi connectivity index (χ0n) is 15.0. The highest BCUT2D eigenvalue weighted by Gasteiger charge is 2.10. The largest absolute Gasteiger partial charge is 0.491 e. The molecule has 1 aromatic heterocycles. The summed E-state index contributed by atoms with van der Waals surface area (Å²) in [5.74, 6) is 0.479. The normalized spacial score (nSPS) is 10.1. The Labute approximate surface area is 158 Å². The van der Waals surface area contributed by atoms with E-state index in [1.54, 1.807) is 19.1 Å². The van der Waals surface area contributed by atoms with Crippen molar-refractivity contribution < 1.29 is 9.53 Å². The number of nitrogens with zero attached hydrogens (tertiary/aromatic N) is 2. The Bertz CT molecular complexity index is 978. The molecule has 1 N–H and O–H groups in total. The summed E-state index contributed by atoms with van der Waals surface area (Å²) in [6.07, 6.45) is 0. The van der Waals surface area contributed by atoms with Crippen molar-refractivity contribution in [2.75, 3.05) is 13.2 Å². The number of ether oxygens (including phenoxy) is 1. The summed E-state index contributed by atoms with van der Waals surface area (Å²) < 4.78 is 5.86. The monoisotopic (exact) mass is 357 g/mol. The molecule has 134 valence electrons. The van der Waals surface area contributed by atoms with Gasteiger partial charge in [0.2, 0.25) is 0 Å². The van der Waals surface area contributed by atoms with Crippen LogP contribution >= 0.6 is 0 Å². The van der Waals surface area contributed by atoms with Crippen LogP contribution in [0, 0.1) is 18.3 Å². The predicted octanol–water partition coefficient (Wildman–Crippen LogP) is 3.74. The predicted molar refractivity (Wildman–Crippen MR) is 103 cm³/mol. The van der Waals surface area contributed by atoms with Gasteiger partial charge in [-0.15, -0.1) is 0 Å². The van der Waals surface area contributed by atoms with Crippen molar-refractivity contribution in [2.45, 2.75) is 6.92 Å². The van der Waals surface area contributed by atoms with E-state index in [1.165, 1.54) is 0 Å². The molecule has 0 saturated carbocycles. The Hall–Kier alpha value is -3.65. The number of nitrogens with one attached hydrogen (secondary N) is 1. The molecule has 0 unspecified atom stereocenters. The van der Waals surface area contributed by atoms with Crippen LogP contribution in [-0.4, -0.2) is 24.0 Å². The van der Waals surface area contributed by atoms with Gasteiger partial charge in [0, 0.05) is 5.56 Å². The number of hydrogen-bond donors (Lipinski definition) is 1. The SMILES string of the molecule is Cc1nc(C(=O)NCCOc2ccccc2-c2ccccc2)ccc1C#N. The lowest BCUT2D eigenvalue weighted by Gasteiger charge is -2.12. The van der Waals surface area contributed by atoms with Gasteiger partial charge in [-0.2, -0.15) is 5.26 Å². The van der Waals surface area contributed by atoms with Gasteiger partial charge in [0.1, 0.15) is 24.1 Å². The third-order valence-electron chi connectivity index (χ3n) is 4.06. The smallest absolute Gasteiger partial charge is 0.270 e. The molecule has 0 atom stereocenters. The molecular weight excluding hydrogens is 338 g/mol. The minimum absolute atomic E-state index is 0.288. The number of amides is 1. The van der Waals surface area contributed by atoms with Gasteiger partial charge in [-0.1, -0.05) is 48.5 Å². The van der Waals surface area contributed by atoms with E-state index >= 15 is 0 Å². The number of carbonyl (C=O) groups excluding carboxylic acids is 1. The number of hydrogen-bond acceptors (Lipinski definition) is 4. The minimum Gasteiger partial charge on any atom is -0.491 e. The first-order chi connectivity index (χ1) is 13.2. The van der Waals surface area contributed by atoms with Gasteiger partial charge in [-0.05, 0) is 30.7 Å². The summed E-state index contributed by atoms with van der Waals surface area (Å²) in [6.45, 7) is 2.40. The fourth-order valence-electron chi connectivity index (χ4n) is 2.67. The second-order valence-corrected chi connectivity index (χ2v) is 5.91. The maximum absolute atomic E-state index is 12.2. The van der Waals surface area contributed by atoms with Crippen molar-refractivity contribution in [1.82, 2.24) is 10.3 Å². The van der Waals surface area contributed by atoms with Gasteiger partial charge in [0.05, 0.1) is 17.8 Å². The van der Waals surface area contributed by atoms with E-state index in [2.05, 4.69) is 10.3 Å². The van der Waals surface area contributed by atoms with E-state index in [1.807, 2.05) is 60.7 Å². The molecule has 0 aliphatic heterocycles. The number of para-hydroxylation sites is 1. The van der Waals surface area contributed by atoms with E-state index in [9.17, 15) is 4.79 Å². The number of carbonyl (C=O) groups is 1. The van der Waals surface area contributed by atoms with Crippen molar-refractivity contribution in [1.29, 1.82) is 5.26 Å². The zero-order chi connectivity index (χ0) is 19.1. The van der Waals surface area contributed by atoms with Gasteiger partial charge >= 0.3 is 0 Å². The summed E-state index contributed by atoms with van der Waals surface area (Å²) in [4.78, 5) is 16.3. The fraction of sp³-hybridized carbons (Fsp3) is 0.136. The maximum atomic E-state index is 12.2. The summed E-state index contributed by atoms with van der Waals surface area (Å²) >= 11 is 0. The highest BCUT2D eigenvalue weighted by atomic mass is 16.5. The quantitative estimate of drug-likeness (QED) is 0.682. The van der Waals surface area contributed by atoms with Crippen LogP contribution in [0.15, 0.2) is 66.7 Å². The highest BCUT2D eigenvalue weighted by molar-refractivity contribution is 5.92. The van der Waals surface area contributed by atoms with E-state index in [0.29, 0.717) is 24.4 Å². The van der Waals surface area contributed by atoms with Crippen LogP contribution < -0.4 is 10.1 Å². The lowest BCUT2D eigenvalue weighted by Crippen LogP contribution is -2.29. The number of aromatic nitrogens is 1. The van der Waals surface area contributed by atoms with Gasteiger partial charge in [0.25, 0.3) is 5.91 Å². The molecule has 0 saturated heterocycles. The fourth-order valence-corrected chi connectivity index (χ4v) is 2.67. The first kappa shape index (κ1) is 18.2. The molecule has 5 nitrogen and oxygen atoms in total. The lowest BCUT2D eigenvalue weighted by molar-refractivity contribution is 0.0942. The Kier molecular flexibility index (Phi) is 5.80. The van der Waals surface area contributed by atoms with Crippen LogP contribution in [0.4, 0.5) is 0 Å². The minimum atomic E-state index is -0.289. The molecule has 0 aliphatic rings. The van der Waals surface area contributed by atoms with Crippen LogP contribution in [0.5, 0.6) is 5.75 Å². The van der Waals surface area contributed by atoms with E-state index in [0.717, 1.165) is 16.9 Å². The first-order valence-corrected chi connectivity index (χ1v) is 8.62. The molecule has 27 heavy (non-hydrogen) atoms. The van der Waals surface area contributed by atoms with E-state index in [4.69, 9.17) is 10.00 Å². The highest BCUT2D eigenvalue weighted by Crippen LogP contribution is 2.29. The molecule has 3 aromatic rings. The lowest BCUT2D eigenvalue weighted by atomic mass is 10.1. The van der Waals surface area contributed by atoms with Crippen LogP contribution in [0.25, 0.3) is 11.1 Å². The standard InChI is InChI=1S/C22H19N3O2/c1-16-18(15-23)11-12-20(25-16)22(26)24-13-14-27-21-10-6-5-9-19(21)17-7-3-2-4-8-17/h2-12H,13-14H2,1H3,(H,24,26). The number of benzene rings is 2. The molecule has 0 aliphatic carbocycles. The van der Waals surface area contributed by atoms with Gasteiger partial charge in [-0.25, -0.2) is 4.98 Å². The molecule has 2 aromatic carbocycles. The molecule has 0 spiro atoms. The molecule has 5 heteroatoms. The van der Waals surface area contributed by atoms with Gasteiger partial charge in [0.15, 0.2) is 0 Å². The molecular formula is C22H19N3O2. The summed E-state index contributed by atoms with van der Waals surface area (Å²) in [5, 5.41) is 11.7. The van der Waals surface area contributed by atoms with Crippen LogP contribution in [0.3, 0.4) is 0 Å².